The number of hydrogen-bond acceptors (Lipinski definition) is 4. The van der Waals surface area contributed by atoms with Crippen LogP contribution in [-0.2, 0) is 9.47 Å². The van der Waals surface area contributed by atoms with Gasteiger partial charge in [-0.15, -0.1) is 0 Å². The van der Waals surface area contributed by atoms with Crippen LogP contribution in [0.2, 0.25) is 0 Å². The number of carbonyl (C=O) groups excluding carboxylic acids is 2. The standard InChI is InChI=1S/C12H20N2O4/c1-12(2,3)18-11(16)14-13-10(15)17-9-7-5-4-6-8-9/h9H,4-8H2,1-3H3/b14-13+. The highest BCUT2D eigenvalue weighted by Crippen LogP contribution is 2.20. The minimum absolute atomic E-state index is 0.0937. The first-order valence-corrected chi connectivity index (χ1v) is 6.22. The lowest BCUT2D eigenvalue weighted by Gasteiger charge is -2.20. The van der Waals surface area contributed by atoms with Crippen LogP contribution in [0.5, 0.6) is 0 Å². The number of amides is 2. The Kier molecular flexibility index (Phi) is 5.25. The summed E-state index contributed by atoms with van der Waals surface area (Å²) in [7, 11) is 0. The largest absolute Gasteiger partial charge is 0.453 e. The summed E-state index contributed by atoms with van der Waals surface area (Å²) in [6.07, 6.45) is 3.19. The van der Waals surface area contributed by atoms with E-state index in [9.17, 15) is 9.59 Å². The zero-order chi connectivity index (χ0) is 13.6. The molecule has 0 atom stereocenters. The molecule has 102 valence electrons. The Morgan fingerprint density at radius 1 is 1.00 bits per heavy atom. The minimum atomic E-state index is -0.886. The van der Waals surface area contributed by atoms with E-state index in [2.05, 4.69) is 10.2 Å². The van der Waals surface area contributed by atoms with E-state index in [1.54, 1.807) is 20.8 Å². The lowest BCUT2D eigenvalue weighted by atomic mass is 9.98. The summed E-state index contributed by atoms with van der Waals surface area (Å²) < 4.78 is 9.94. The SMILES string of the molecule is CC(C)(C)OC(=O)/N=N/C(=O)OC1CCCCC1. The molecule has 18 heavy (non-hydrogen) atoms. The molecular weight excluding hydrogens is 236 g/mol. The maximum absolute atomic E-state index is 11.3. The maximum Gasteiger partial charge on any atom is 0.453 e. The Bertz CT molecular complexity index is 327. The summed E-state index contributed by atoms with van der Waals surface area (Å²) in [5.41, 5.74) is -0.649. The molecule has 0 aromatic carbocycles. The van der Waals surface area contributed by atoms with Crippen LogP contribution in [0.1, 0.15) is 52.9 Å². The van der Waals surface area contributed by atoms with E-state index < -0.39 is 17.8 Å². The first kappa shape index (κ1) is 14.6. The molecule has 0 heterocycles. The molecule has 0 bridgehead atoms. The fourth-order valence-electron chi connectivity index (χ4n) is 1.71. The molecule has 0 N–H and O–H groups in total. The Morgan fingerprint density at radius 2 is 1.56 bits per heavy atom. The molecule has 0 aromatic rings. The number of ether oxygens (including phenoxy) is 2. The monoisotopic (exact) mass is 256 g/mol. The highest BCUT2D eigenvalue weighted by Gasteiger charge is 2.19. The van der Waals surface area contributed by atoms with Crippen LogP contribution in [0.25, 0.3) is 0 Å². The van der Waals surface area contributed by atoms with Gasteiger partial charge >= 0.3 is 12.2 Å². The van der Waals surface area contributed by atoms with Gasteiger partial charge in [0.25, 0.3) is 0 Å². The van der Waals surface area contributed by atoms with Gasteiger partial charge in [0, 0.05) is 0 Å². The zero-order valence-electron chi connectivity index (χ0n) is 11.1. The van der Waals surface area contributed by atoms with Crippen LogP contribution in [0, 0.1) is 0 Å². The number of nitrogens with zero attached hydrogens (tertiary/aromatic N) is 2. The molecular formula is C12H20N2O4. The van der Waals surface area contributed by atoms with Crippen molar-refractivity contribution < 1.29 is 19.1 Å². The predicted octanol–water partition coefficient (Wildman–Crippen LogP) is 3.84. The molecule has 0 spiro atoms. The van der Waals surface area contributed by atoms with Crippen LogP contribution in [-0.4, -0.2) is 23.9 Å². The van der Waals surface area contributed by atoms with Gasteiger partial charge in [-0.05, 0) is 46.5 Å². The van der Waals surface area contributed by atoms with Crippen molar-refractivity contribution in [2.45, 2.75) is 64.6 Å². The Balaban J connectivity index is 2.32. The highest BCUT2D eigenvalue weighted by molar-refractivity contribution is 5.73. The molecule has 0 aliphatic heterocycles. The lowest BCUT2D eigenvalue weighted by molar-refractivity contribution is 0.0571. The van der Waals surface area contributed by atoms with Gasteiger partial charge in [0.15, 0.2) is 0 Å². The normalized spacial score (nSPS) is 17.7. The third kappa shape index (κ3) is 6.32. The summed E-state index contributed by atoms with van der Waals surface area (Å²) in [6.45, 7) is 5.13. The van der Waals surface area contributed by atoms with Gasteiger partial charge in [-0.25, -0.2) is 9.59 Å². The van der Waals surface area contributed by atoms with E-state index in [0.29, 0.717) is 0 Å². The highest BCUT2D eigenvalue weighted by atomic mass is 16.6. The number of hydrogen-bond donors (Lipinski definition) is 0. The summed E-state index contributed by atoms with van der Waals surface area (Å²) >= 11 is 0. The summed E-state index contributed by atoms with van der Waals surface area (Å²) in [5, 5.41) is 6.36. The molecule has 1 rings (SSSR count). The molecule has 1 fully saturated rings. The van der Waals surface area contributed by atoms with Crippen molar-refractivity contribution in [1.82, 2.24) is 0 Å². The molecule has 0 saturated heterocycles. The summed E-state index contributed by atoms with van der Waals surface area (Å²) in [6, 6.07) is 0. The van der Waals surface area contributed by atoms with Gasteiger partial charge in [-0.3, -0.25) is 0 Å². The lowest BCUT2D eigenvalue weighted by Crippen LogP contribution is -2.22. The molecule has 0 aromatic heterocycles. The van der Waals surface area contributed by atoms with E-state index in [-0.39, 0.29) is 6.10 Å². The average molecular weight is 256 g/mol. The molecule has 0 unspecified atom stereocenters. The van der Waals surface area contributed by atoms with E-state index in [4.69, 9.17) is 9.47 Å². The Morgan fingerprint density at radius 3 is 2.11 bits per heavy atom. The summed E-state index contributed by atoms with van der Waals surface area (Å²) in [4.78, 5) is 22.5. The molecule has 1 aliphatic rings. The second-order valence-electron chi connectivity index (χ2n) is 5.32. The third-order valence-corrected chi connectivity index (χ3v) is 2.43. The van der Waals surface area contributed by atoms with Gasteiger partial charge in [0.1, 0.15) is 11.7 Å². The van der Waals surface area contributed by atoms with Crippen molar-refractivity contribution in [2.24, 2.45) is 10.2 Å². The number of rotatable bonds is 1. The van der Waals surface area contributed by atoms with Crippen LogP contribution < -0.4 is 0 Å². The van der Waals surface area contributed by atoms with Crippen molar-refractivity contribution in [3.05, 3.63) is 0 Å². The van der Waals surface area contributed by atoms with Gasteiger partial charge in [0.05, 0.1) is 0 Å². The molecule has 6 nitrogen and oxygen atoms in total. The van der Waals surface area contributed by atoms with Crippen LogP contribution in [0.3, 0.4) is 0 Å². The summed E-state index contributed by atoms with van der Waals surface area (Å²) in [5.74, 6) is 0. The van der Waals surface area contributed by atoms with Gasteiger partial charge in [-0.1, -0.05) is 16.6 Å². The van der Waals surface area contributed by atoms with Gasteiger partial charge in [-0.2, -0.15) is 0 Å². The second kappa shape index (κ2) is 6.47. The van der Waals surface area contributed by atoms with E-state index in [1.807, 2.05) is 0 Å². The van der Waals surface area contributed by atoms with Crippen LogP contribution in [0.15, 0.2) is 10.2 Å². The molecule has 6 heteroatoms. The van der Waals surface area contributed by atoms with Gasteiger partial charge < -0.3 is 9.47 Å². The molecule has 1 saturated carbocycles. The Labute approximate surface area is 107 Å². The zero-order valence-corrected chi connectivity index (χ0v) is 11.1. The topological polar surface area (TPSA) is 77.3 Å². The molecule has 1 aliphatic carbocycles. The van der Waals surface area contributed by atoms with E-state index >= 15 is 0 Å². The maximum atomic E-state index is 11.3. The quantitative estimate of drug-likeness (QED) is 0.668. The first-order valence-electron chi connectivity index (χ1n) is 6.22. The number of carbonyl (C=O) groups is 2. The van der Waals surface area contributed by atoms with Crippen molar-refractivity contribution in [3.8, 4) is 0 Å². The second-order valence-corrected chi connectivity index (χ2v) is 5.32. The van der Waals surface area contributed by atoms with Crippen molar-refractivity contribution in [3.63, 3.8) is 0 Å². The molecule has 0 radical (unpaired) electrons. The average Bonchev–Trinajstić information content (AvgIpc) is 2.25. The minimum Gasteiger partial charge on any atom is -0.444 e. The fourth-order valence-corrected chi connectivity index (χ4v) is 1.71. The van der Waals surface area contributed by atoms with Crippen molar-refractivity contribution in [1.29, 1.82) is 0 Å². The van der Waals surface area contributed by atoms with Gasteiger partial charge in [0.2, 0.25) is 0 Å². The van der Waals surface area contributed by atoms with Crippen molar-refractivity contribution >= 4 is 12.2 Å². The van der Waals surface area contributed by atoms with Crippen LogP contribution in [0.4, 0.5) is 9.59 Å². The third-order valence-electron chi connectivity index (χ3n) is 2.43. The fraction of sp³-hybridized carbons (Fsp3) is 0.833. The van der Waals surface area contributed by atoms with E-state index in [1.165, 1.54) is 6.42 Å². The number of azo groups is 1. The van der Waals surface area contributed by atoms with Crippen molar-refractivity contribution in [2.75, 3.05) is 0 Å². The van der Waals surface area contributed by atoms with E-state index in [0.717, 1.165) is 25.7 Å². The smallest absolute Gasteiger partial charge is 0.444 e. The molecule has 2 amide bonds. The predicted molar refractivity (Wildman–Crippen MR) is 64.4 cm³/mol. The van der Waals surface area contributed by atoms with Crippen LogP contribution >= 0.6 is 0 Å². The first-order chi connectivity index (χ1) is 8.37. The Hall–Kier alpha value is -1.46.